The molecule has 0 atom stereocenters. The molecule has 0 radical (unpaired) electrons. The number of nitrogens with zero attached hydrogens (tertiary/aromatic N) is 1. The van der Waals surface area contributed by atoms with E-state index in [1.165, 1.54) is 14.0 Å². The standard InChI is InChI=1S/C22H26N2O4/c1-5-17-9-6-8-15(2)21(17)24(16(3)25)13-12-20(26)23-19-11-7-10-18(14-19)22(27)28-4/h6-11,14H,5,12-13H2,1-4H3,(H,23,26). The summed E-state index contributed by atoms with van der Waals surface area (Å²) in [5, 5.41) is 2.77. The van der Waals surface area contributed by atoms with Crippen molar-refractivity contribution in [3.05, 3.63) is 59.2 Å². The van der Waals surface area contributed by atoms with Gasteiger partial charge < -0.3 is 15.0 Å². The number of amides is 2. The van der Waals surface area contributed by atoms with E-state index in [1.807, 2.05) is 32.0 Å². The Morgan fingerprint density at radius 1 is 1.11 bits per heavy atom. The smallest absolute Gasteiger partial charge is 0.337 e. The molecule has 0 saturated carbocycles. The van der Waals surface area contributed by atoms with E-state index >= 15 is 0 Å². The molecule has 2 aromatic carbocycles. The Morgan fingerprint density at radius 3 is 2.46 bits per heavy atom. The van der Waals surface area contributed by atoms with Gasteiger partial charge >= 0.3 is 5.97 Å². The average Bonchev–Trinajstić information content (AvgIpc) is 2.68. The molecular formula is C22H26N2O4. The number of rotatable bonds is 7. The van der Waals surface area contributed by atoms with Crippen LogP contribution in [0.3, 0.4) is 0 Å². The highest BCUT2D eigenvalue weighted by Crippen LogP contribution is 2.26. The van der Waals surface area contributed by atoms with Crippen molar-refractivity contribution in [3.8, 4) is 0 Å². The fraction of sp³-hybridized carbons (Fsp3) is 0.318. The molecule has 0 spiro atoms. The van der Waals surface area contributed by atoms with Crippen LogP contribution in [-0.4, -0.2) is 31.4 Å². The number of anilines is 2. The maximum atomic E-state index is 12.4. The van der Waals surface area contributed by atoms with Crippen molar-refractivity contribution in [1.82, 2.24) is 0 Å². The fourth-order valence-electron chi connectivity index (χ4n) is 3.10. The third-order valence-corrected chi connectivity index (χ3v) is 4.48. The SMILES string of the molecule is CCc1cccc(C)c1N(CCC(=O)Nc1cccc(C(=O)OC)c1)C(C)=O. The van der Waals surface area contributed by atoms with Gasteiger partial charge in [0.15, 0.2) is 0 Å². The number of carbonyl (C=O) groups is 3. The summed E-state index contributed by atoms with van der Waals surface area (Å²) in [7, 11) is 1.31. The molecule has 6 heteroatoms. The van der Waals surface area contributed by atoms with Crippen molar-refractivity contribution < 1.29 is 19.1 Å². The molecule has 1 N–H and O–H groups in total. The number of methoxy groups -OCH3 is 1. The number of hydrogen-bond acceptors (Lipinski definition) is 4. The maximum Gasteiger partial charge on any atom is 0.337 e. The lowest BCUT2D eigenvalue weighted by Gasteiger charge is -2.25. The summed E-state index contributed by atoms with van der Waals surface area (Å²) in [5.41, 5.74) is 3.81. The maximum absolute atomic E-state index is 12.4. The molecule has 2 amide bonds. The van der Waals surface area contributed by atoms with Crippen LogP contribution in [0.15, 0.2) is 42.5 Å². The van der Waals surface area contributed by atoms with Gasteiger partial charge in [0.1, 0.15) is 0 Å². The van der Waals surface area contributed by atoms with E-state index in [4.69, 9.17) is 0 Å². The summed E-state index contributed by atoms with van der Waals surface area (Å²) in [5.74, 6) is -0.810. The van der Waals surface area contributed by atoms with E-state index < -0.39 is 5.97 Å². The first-order valence-electron chi connectivity index (χ1n) is 9.22. The van der Waals surface area contributed by atoms with Crippen molar-refractivity contribution in [2.24, 2.45) is 0 Å². The molecule has 0 aromatic heterocycles. The molecule has 2 rings (SSSR count). The van der Waals surface area contributed by atoms with Crippen LogP contribution in [0.2, 0.25) is 0 Å². The van der Waals surface area contributed by atoms with Crippen LogP contribution < -0.4 is 10.2 Å². The van der Waals surface area contributed by atoms with E-state index in [-0.39, 0.29) is 24.8 Å². The first-order valence-corrected chi connectivity index (χ1v) is 9.22. The second-order valence-electron chi connectivity index (χ2n) is 6.48. The zero-order valence-electron chi connectivity index (χ0n) is 16.7. The van der Waals surface area contributed by atoms with Crippen LogP contribution in [-0.2, 0) is 20.7 Å². The molecule has 148 valence electrons. The highest BCUT2D eigenvalue weighted by molar-refractivity contribution is 5.97. The zero-order valence-corrected chi connectivity index (χ0v) is 16.7. The van der Waals surface area contributed by atoms with Gasteiger partial charge in [-0.05, 0) is 42.7 Å². The molecule has 2 aromatic rings. The minimum Gasteiger partial charge on any atom is -0.465 e. The average molecular weight is 382 g/mol. The zero-order chi connectivity index (χ0) is 20.7. The summed E-state index contributed by atoms with van der Waals surface area (Å²) in [6.45, 7) is 5.78. The Bertz CT molecular complexity index is 877. The van der Waals surface area contributed by atoms with E-state index in [0.29, 0.717) is 11.3 Å². The lowest BCUT2D eigenvalue weighted by Crippen LogP contribution is -2.33. The predicted octanol–water partition coefficient (Wildman–Crippen LogP) is 3.73. The summed E-state index contributed by atoms with van der Waals surface area (Å²) in [6, 6.07) is 12.5. The van der Waals surface area contributed by atoms with Crippen molar-refractivity contribution in [2.75, 3.05) is 23.9 Å². The van der Waals surface area contributed by atoms with Crippen LogP contribution in [0, 0.1) is 6.92 Å². The molecule has 0 bridgehead atoms. The largest absolute Gasteiger partial charge is 0.465 e. The third kappa shape index (κ3) is 5.19. The van der Waals surface area contributed by atoms with Gasteiger partial charge in [-0.15, -0.1) is 0 Å². The quantitative estimate of drug-likeness (QED) is 0.741. The number of aryl methyl sites for hydroxylation is 2. The van der Waals surface area contributed by atoms with Gasteiger partial charge in [0.2, 0.25) is 11.8 Å². The summed E-state index contributed by atoms with van der Waals surface area (Å²) >= 11 is 0. The number of hydrogen-bond donors (Lipinski definition) is 1. The van der Waals surface area contributed by atoms with Crippen LogP contribution in [0.5, 0.6) is 0 Å². The number of esters is 1. The number of para-hydroxylation sites is 1. The molecule has 0 aliphatic heterocycles. The molecule has 0 heterocycles. The van der Waals surface area contributed by atoms with E-state index in [0.717, 1.165) is 23.2 Å². The summed E-state index contributed by atoms with van der Waals surface area (Å²) in [4.78, 5) is 37.9. The van der Waals surface area contributed by atoms with Crippen molar-refractivity contribution in [2.45, 2.75) is 33.6 Å². The van der Waals surface area contributed by atoms with Crippen molar-refractivity contribution >= 4 is 29.2 Å². The summed E-state index contributed by atoms with van der Waals surface area (Å²) < 4.78 is 4.69. The van der Waals surface area contributed by atoms with Crippen LogP contribution in [0.25, 0.3) is 0 Å². The fourth-order valence-corrected chi connectivity index (χ4v) is 3.10. The molecular weight excluding hydrogens is 356 g/mol. The Hall–Kier alpha value is -3.15. The van der Waals surface area contributed by atoms with Gasteiger partial charge in [0.05, 0.1) is 12.7 Å². The van der Waals surface area contributed by atoms with Crippen molar-refractivity contribution in [1.29, 1.82) is 0 Å². The number of ether oxygens (including phenoxy) is 1. The third-order valence-electron chi connectivity index (χ3n) is 4.48. The van der Waals surface area contributed by atoms with Crippen LogP contribution >= 0.6 is 0 Å². The Balaban J connectivity index is 2.10. The topological polar surface area (TPSA) is 75.7 Å². The van der Waals surface area contributed by atoms with Gasteiger partial charge in [-0.25, -0.2) is 4.79 Å². The minimum atomic E-state index is -0.467. The molecule has 28 heavy (non-hydrogen) atoms. The van der Waals surface area contributed by atoms with Gasteiger partial charge in [-0.3, -0.25) is 9.59 Å². The van der Waals surface area contributed by atoms with Crippen LogP contribution in [0.1, 0.15) is 41.8 Å². The van der Waals surface area contributed by atoms with E-state index in [2.05, 4.69) is 10.1 Å². The Kier molecular flexibility index (Phi) is 7.32. The minimum absolute atomic E-state index is 0.107. The Labute approximate surface area is 165 Å². The normalized spacial score (nSPS) is 10.3. The molecule has 0 aliphatic carbocycles. The molecule has 6 nitrogen and oxygen atoms in total. The number of benzene rings is 2. The number of carbonyl (C=O) groups excluding carboxylic acids is 3. The monoisotopic (exact) mass is 382 g/mol. The number of nitrogens with one attached hydrogen (secondary N) is 1. The second-order valence-corrected chi connectivity index (χ2v) is 6.48. The highest BCUT2D eigenvalue weighted by Gasteiger charge is 2.18. The summed E-state index contributed by atoms with van der Waals surface area (Å²) in [6.07, 6.45) is 0.937. The Morgan fingerprint density at radius 2 is 1.82 bits per heavy atom. The lowest BCUT2D eigenvalue weighted by molar-refractivity contribution is -0.117. The van der Waals surface area contributed by atoms with E-state index in [1.54, 1.807) is 29.2 Å². The molecule has 0 saturated heterocycles. The van der Waals surface area contributed by atoms with Gasteiger partial charge in [-0.1, -0.05) is 31.2 Å². The van der Waals surface area contributed by atoms with E-state index in [9.17, 15) is 14.4 Å². The molecule has 0 fully saturated rings. The first kappa shape index (κ1) is 21.2. The van der Waals surface area contributed by atoms with Crippen molar-refractivity contribution in [3.63, 3.8) is 0 Å². The van der Waals surface area contributed by atoms with Gasteiger partial charge in [0, 0.05) is 31.3 Å². The van der Waals surface area contributed by atoms with Gasteiger partial charge in [0.25, 0.3) is 0 Å². The lowest BCUT2D eigenvalue weighted by atomic mass is 10.0. The first-order chi connectivity index (χ1) is 13.4. The molecule has 0 aliphatic rings. The second kappa shape index (κ2) is 9.69. The van der Waals surface area contributed by atoms with Gasteiger partial charge in [-0.2, -0.15) is 0 Å². The van der Waals surface area contributed by atoms with Crippen LogP contribution in [0.4, 0.5) is 11.4 Å². The highest BCUT2D eigenvalue weighted by atomic mass is 16.5. The molecule has 0 unspecified atom stereocenters. The predicted molar refractivity (Wildman–Crippen MR) is 110 cm³/mol.